The number of furan rings is 1. The zero-order chi connectivity index (χ0) is 38.1. The molecule has 0 unspecified atom stereocenters. The first-order valence-electron chi connectivity index (χ1n) is 19.8. The van der Waals surface area contributed by atoms with Crippen molar-refractivity contribution in [2.24, 2.45) is 0 Å². The fourth-order valence-electron chi connectivity index (χ4n) is 9.30. The second-order valence-corrected chi connectivity index (χ2v) is 15.7. The Morgan fingerprint density at radius 2 is 1.00 bits per heavy atom. The number of rotatable bonds is 6. The van der Waals surface area contributed by atoms with E-state index in [4.69, 9.17) is 4.42 Å². The number of fused-ring (bicyclic) bond motifs is 7. The number of hydrogen-bond donors (Lipinski definition) is 0. The van der Waals surface area contributed by atoms with Gasteiger partial charge in [0.05, 0.1) is 5.69 Å². The molecule has 10 aromatic rings. The molecule has 11 rings (SSSR count). The molecule has 0 spiro atoms. The summed E-state index contributed by atoms with van der Waals surface area (Å²) in [7, 11) is 0. The maximum atomic E-state index is 6.32. The molecule has 1 aliphatic carbocycles. The van der Waals surface area contributed by atoms with E-state index in [0.29, 0.717) is 0 Å². The second kappa shape index (κ2) is 13.0. The molecule has 2 heteroatoms. The number of anilines is 3. The van der Waals surface area contributed by atoms with Gasteiger partial charge < -0.3 is 9.32 Å². The minimum Gasteiger partial charge on any atom is -0.456 e. The minimum atomic E-state index is -0.116. The molecule has 1 aliphatic rings. The van der Waals surface area contributed by atoms with Crippen LogP contribution in [0.25, 0.3) is 77.2 Å². The Morgan fingerprint density at radius 1 is 0.404 bits per heavy atom. The summed E-state index contributed by atoms with van der Waals surface area (Å²) >= 11 is 0. The Bertz CT molecular complexity index is 3140. The predicted octanol–water partition coefficient (Wildman–Crippen LogP) is 15.5. The Morgan fingerprint density at radius 3 is 1.86 bits per heavy atom. The van der Waals surface area contributed by atoms with Gasteiger partial charge >= 0.3 is 0 Å². The Balaban J connectivity index is 1.04. The Labute approximate surface area is 332 Å². The van der Waals surface area contributed by atoms with Gasteiger partial charge in [0.2, 0.25) is 0 Å². The van der Waals surface area contributed by atoms with Gasteiger partial charge in [-0.1, -0.05) is 172 Å². The van der Waals surface area contributed by atoms with Crippen LogP contribution in [0.3, 0.4) is 0 Å². The maximum Gasteiger partial charge on any atom is 0.136 e. The molecule has 0 bridgehead atoms. The van der Waals surface area contributed by atoms with E-state index in [1.807, 2.05) is 6.07 Å². The van der Waals surface area contributed by atoms with Crippen LogP contribution in [0, 0.1) is 0 Å². The van der Waals surface area contributed by atoms with Gasteiger partial charge in [0.1, 0.15) is 11.2 Å². The Hall–Kier alpha value is -7.16. The predicted molar refractivity (Wildman–Crippen MR) is 240 cm³/mol. The number of benzene rings is 9. The molecule has 0 saturated heterocycles. The lowest BCUT2D eigenvalue weighted by atomic mass is 9.82. The third-order valence-corrected chi connectivity index (χ3v) is 12.1. The molecular weight excluding hydrogens is 691 g/mol. The van der Waals surface area contributed by atoms with E-state index in [1.165, 1.54) is 61.0 Å². The van der Waals surface area contributed by atoms with E-state index in [9.17, 15) is 0 Å². The van der Waals surface area contributed by atoms with Crippen molar-refractivity contribution in [2.75, 3.05) is 4.90 Å². The van der Waals surface area contributed by atoms with Gasteiger partial charge in [-0.15, -0.1) is 0 Å². The highest BCUT2D eigenvalue weighted by Gasteiger charge is 2.37. The highest BCUT2D eigenvalue weighted by atomic mass is 16.3. The topological polar surface area (TPSA) is 16.4 Å². The van der Waals surface area contributed by atoms with E-state index >= 15 is 0 Å². The van der Waals surface area contributed by atoms with Gasteiger partial charge in [0.25, 0.3) is 0 Å². The second-order valence-electron chi connectivity index (χ2n) is 15.7. The molecule has 0 N–H and O–H groups in total. The first kappa shape index (κ1) is 33.2. The van der Waals surface area contributed by atoms with Crippen molar-refractivity contribution >= 4 is 49.8 Å². The van der Waals surface area contributed by atoms with E-state index in [0.717, 1.165) is 44.4 Å². The molecule has 0 atom stereocenters. The van der Waals surface area contributed by atoms with Crippen molar-refractivity contribution in [3.05, 3.63) is 211 Å². The normalized spacial score (nSPS) is 12.9. The lowest BCUT2D eigenvalue weighted by Crippen LogP contribution is -2.16. The maximum absolute atomic E-state index is 6.32. The van der Waals surface area contributed by atoms with Crippen LogP contribution < -0.4 is 4.90 Å². The van der Waals surface area contributed by atoms with Gasteiger partial charge in [0.15, 0.2) is 0 Å². The molecular formula is C55H39NO. The smallest absolute Gasteiger partial charge is 0.136 e. The Kier molecular flexibility index (Phi) is 7.55. The molecule has 270 valence electrons. The molecule has 9 aromatic carbocycles. The average Bonchev–Trinajstić information content (AvgIpc) is 3.76. The van der Waals surface area contributed by atoms with Crippen LogP contribution in [0.5, 0.6) is 0 Å². The largest absolute Gasteiger partial charge is 0.456 e. The SMILES string of the molecule is CC1(C)c2ccccc2-c2c(N(c3ccc(-c4ccc(-c5cccc6ccccc56)cc4)cc3)c3cccc(-c4cccc5oc6ccccc6c45)c3)cccc21. The standard InChI is InChI=1S/C55H39NO/c1-55(2)48-22-7-5-18-46(48)54-49(55)23-12-24-50(54)56(42-16-9-15-40(35-42)45-21-11-26-52-53(45)47-19-6-8-25-51(47)57-52)41-33-31-37(32-34-41)36-27-29-39(30-28-36)44-20-10-14-38-13-3-4-17-43(38)44/h3-35H,1-2H3. The van der Waals surface area contributed by atoms with Crippen LogP contribution in [0.1, 0.15) is 25.0 Å². The highest BCUT2D eigenvalue weighted by molar-refractivity contribution is 6.12. The zero-order valence-electron chi connectivity index (χ0n) is 31.9. The van der Waals surface area contributed by atoms with Crippen molar-refractivity contribution in [2.45, 2.75) is 19.3 Å². The summed E-state index contributed by atoms with van der Waals surface area (Å²) in [6, 6.07) is 72.6. The summed E-state index contributed by atoms with van der Waals surface area (Å²) in [5.74, 6) is 0. The van der Waals surface area contributed by atoms with Crippen LogP contribution in [0.2, 0.25) is 0 Å². The average molecular weight is 730 g/mol. The molecule has 0 fully saturated rings. The van der Waals surface area contributed by atoms with Crippen molar-refractivity contribution in [1.29, 1.82) is 0 Å². The summed E-state index contributed by atoms with van der Waals surface area (Å²) in [6.07, 6.45) is 0. The molecule has 1 aromatic heterocycles. The first-order valence-corrected chi connectivity index (χ1v) is 19.8. The summed E-state index contributed by atoms with van der Waals surface area (Å²) in [5.41, 5.74) is 17.5. The first-order chi connectivity index (χ1) is 28.0. The van der Waals surface area contributed by atoms with Crippen LogP contribution >= 0.6 is 0 Å². The molecule has 57 heavy (non-hydrogen) atoms. The van der Waals surface area contributed by atoms with E-state index in [-0.39, 0.29) is 5.41 Å². The lowest BCUT2D eigenvalue weighted by molar-refractivity contribution is 0.660. The van der Waals surface area contributed by atoms with Crippen LogP contribution in [0.4, 0.5) is 17.1 Å². The number of para-hydroxylation sites is 1. The monoisotopic (exact) mass is 729 g/mol. The molecule has 0 amide bonds. The molecule has 0 aliphatic heterocycles. The minimum absolute atomic E-state index is 0.116. The van der Waals surface area contributed by atoms with Crippen molar-refractivity contribution in [1.82, 2.24) is 0 Å². The zero-order valence-corrected chi connectivity index (χ0v) is 31.9. The summed E-state index contributed by atoms with van der Waals surface area (Å²) < 4.78 is 6.32. The van der Waals surface area contributed by atoms with Crippen LogP contribution in [-0.4, -0.2) is 0 Å². The van der Waals surface area contributed by atoms with Crippen LogP contribution in [0.15, 0.2) is 205 Å². The van der Waals surface area contributed by atoms with Gasteiger partial charge in [-0.2, -0.15) is 0 Å². The van der Waals surface area contributed by atoms with Gasteiger partial charge in [-0.3, -0.25) is 0 Å². The van der Waals surface area contributed by atoms with Gasteiger partial charge in [0, 0.05) is 33.1 Å². The number of nitrogens with zero attached hydrogens (tertiary/aromatic N) is 1. The fraction of sp³-hybridized carbons (Fsp3) is 0.0545. The summed E-state index contributed by atoms with van der Waals surface area (Å²) in [6.45, 7) is 4.70. The van der Waals surface area contributed by atoms with Gasteiger partial charge in [-0.25, -0.2) is 0 Å². The molecule has 1 heterocycles. The van der Waals surface area contributed by atoms with Crippen LogP contribution in [-0.2, 0) is 5.41 Å². The van der Waals surface area contributed by atoms with Gasteiger partial charge in [-0.05, 0) is 103 Å². The molecule has 2 nitrogen and oxygen atoms in total. The van der Waals surface area contributed by atoms with E-state index in [2.05, 4.69) is 213 Å². The van der Waals surface area contributed by atoms with Crippen molar-refractivity contribution in [3.63, 3.8) is 0 Å². The molecule has 0 radical (unpaired) electrons. The quantitative estimate of drug-likeness (QED) is 0.169. The third-order valence-electron chi connectivity index (χ3n) is 12.1. The van der Waals surface area contributed by atoms with Crippen molar-refractivity contribution < 1.29 is 4.42 Å². The van der Waals surface area contributed by atoms with Crippen molar-refractivity contribution in [3.8, 4) is 44.5 Å². The fourth-order valence-corrected chi connectivity index (χ4v) is 9.30. The van der Waals surface area contributed by atoms with E-state index in [1.54, 1.807) is 0 Å². The number of hydrogen-bond acceptors (Lipinski definition) is 2. The van der Waals surface area contributed by atoms with E-state index < -0.39 is 0 Å². The highest BCUT2D eigenvalue weighted by Crippen LogP contribution is 2.54. The third kappa shape index (κ3) is 5.33. The summed E-state index contributed by atoms with van der Waals surface area (Å²) in [4.78, 5) is 2.45. The lowest BCUT2D eigenvalue weighted by Gasteiger charge is -2.29. The summed E-state index contributed by atoms with van der Waals surface area (Å²) in [5, 5.41) is 4.80. The molecule has 0 saturated carbocycles.